The summed E-state index contributed by atoms with van der Waals surface area (Å²) in [7, 11) is 0. The first-order valence-corrected chi connectivity index (χ1v) is 8.24. The summed E-state index contributed by atoms with van der Waals surface area (Å²) in [6.45, 7) is -0.501. The molecule has 1 aromatic carbocycles. The average molecular weight is 404 g/mol. The minimum atomic E-state index is -4.44. The van der Waals surface area contributed by atoms with Crippen LogP contribution >= 0.6 is 0 Å². The van der Waals surface area contributed by atoms with Crippen molar-refractivity contribution in [3.05, 3.63) is 68.2 Å². The summed E-state index contributed by atoms with van der Waals surface area (Å²) < 4.78 is 63.2. The molecule has 0 saturated carbocycles. The fourth-order valence-corrected chi connectivity index (χ4v) is 2.88. The van der Waals surface area contributed by atoms with Crippen molar-refractivity contribution < 1.29 is 32.1 Å². The van der Waals surface area contributed by atoms with Crippen LogP contribution in [-0.2, 0) is 22.3 Å². The Kier molecular flexibility index (Phi) is 5.68. The minimum Gasteiger partial charge on any atom is -0.394 e. The highest BCUT2D eigenvalue weighted by Gasteiger charge is 2.37. The monoisotopic (exact) mass is 404 g/mol. The standard InChI is InChI=1S/C17H16F4N2O5/c18-11-6-23(16(26)22-15(11)25)14-5-12(13(7-24)28-14)27-8-9-1-3-10(4-2-9)17(19,20)21/h1-4,6,12-14,24H,5,7-8H2,(H,22,25,26)/t12-,13+,14+/m0/s1. The van der Waals surface area contributed by atoms with Crippen LogP contribution in [0.15, 0.2) is 40.1 Å². The lowest BCUT2D eigenvalue weighted by Crippen LogP contribution is -2.34. The number of aromatic amines is 1. The summed E-state index contributed by atoms with van der Waals surface area (Å²) in [4.78, 5) is 24.8. The Balaban J connectivity index is 1.68. The van der Waals surface area contributed by atoms with Crippen LogP contribution in [0.25, 0.3) is 0 Å². The number of H-pyrrole nitrogens is 1. The third kappa shape index (κ3) is 4.32. The van der Waals surface area contributed by atoms with Crippen molar-refractivity contribution in [2.45, 2.75) is 37.6 Å². The third-order valence-electron chi connectivity index (χ3n) is 4.34. The van der Waals surface area contributed by atoms with Gasteiger partial charge in [-0.2, -0.15) is 17.6 Å². The van der Waals surface area contributed by atoms with Crippen LogP contribution in [0.4, 0.5) is 17.6 Å². The number of aliphatic hydroxyl groups is 1. The number of aromatic nitrogens is 2. The smallest absolute Gasteiger partial charge is 0.394 e. The maximum atomic E-state index is 13.5. The van der Waals surface area contributed by atoms with Crippen LogP contribution in [0.5, 0.6) is 0 Å². The maximum absolute atomic E-state index is 13.5. The van der Waals surface area contributed by atoms with E-state index in [0.717, 1.165) is 16.7 Å². The van der Waals surface area contributed by atoms with Crippen molar-refractivity contribution >= 4 is 0 Å². The third-order valence-corrected chi connectivity index (χ3v) is 4.34. The zero-order chi connectivity index (χ0) is 20.5. The van der Waals surface area contributed by atoms with Gasteiger partial charge in [0.1, 0.15) is 12.3 Å². The summed E-state index contributed by atoms with van der Waals surface area (Å²) >= 11 is 0. The van der Waals surface area contributed by atoms with Crippen LogP contribution in [0.3, 0.4) is 0 Å². The first-order chi connectivity index (χ1) is 13.2. The lowest BCUT2D eigenvalue weighted by Gasteiger charge is -2.17. The van der Waals surface area contributed by atoms with Crippen LogP contribution in [0, 0.1) is 5.82 Å². The summed E-state index contributed by atoms with van der Waals surface area (Å²) in [6, 6.07) is 4.40. The van der Waals surface area contributed by atoms with E-state index in [1.165, 1.54) is 12.1 Å². The number of halogens is 4. The number of nitrogens with zero attached hydrogens (tertiary/aromatic N) is 1. The lowest BCUT2D eigenvalue weighted by atomic mass is 10.1. The van der Waals surface area contributed by atoms with Crippen molar-refractivity contribution in [2.75, 3.05) is 6.61 Å². The van der Waals surface area contributed by atoms with Gasteiger partial charge >= 0.3 is 11.9 Å². The van der Waals surface area contributed by atoms with Gasteiger partial charge in [-0.05, 0) is 17.7 Å². The summed E-state index contributed by atoms with van der Waals surface area (Å²) in [5.41, 5.74) is -2.35. The number of aliphatic hydroxyl groups excluding tert-OH is 1. The van der Waals surface area contributed by atoms with Gasteiger partial charge in [0, 0.05) is 6.42 Å². The molecule has 152 valence electrons. The molecule has 0 spiro atoms. The Morgan fingerprint density at radius 3 is 2.54 bits per heavy atom. The lowest BCUT2D eigenvalue weighted by molar-refractivity contribution is -0.137. The van der Waals surface area contributed by atoms with Gasteiger partial charge in [0.15, 0.2) is 0 Å². The SMILES string of the molecule is O=c1[nH]c(=O)n([C@H]2C[C@H](OCc3ccc(C(F)(F)F)cc3)[C@@H](CO)O2)cc1F. The van der Waals surface area contributed by atoms with E-state index >= 15 is 0 Å². The molecule has 0 unspecified atom stereocenters. The van der Waals surface area contributed by atoms with Crippen LogP contribution in [0.1, 0.15) is 23.8 Å². The molecule has 7 nitrogen and oxygen atoms in total. The van der Waals surface area contributed by atoms with E-state index in [-0.39, 0.29) is 13.0 Å². The van der Waals surface area contributed by atoms with Crippen molar-refractivity contribution in [3.63, 3.8) is 0 Å². The zero-order valence-corrected chi connectivity index (χ0v) is 14.3. The molecule has 11 heteroatoms. The van der Waals surface area contributed by atoms with E-state index in [1.807, 2.05) is 4.98 Å². The fourth-order valence-electron chi connectivity index (χ4n) is 2.88. The first-order valence-electron chi connectivity index (χ1n) is 8.24. The van der Waals surface area contributed by atoms with Crippen LogP contribution < -0.4 is 11.2 Å². The van der Waals surface area contributed by atoms with E-state index in [4.69, 9.17) is 9.47 Å². The number of hydrogen-bond acceptors (Lipinski definition) is 5. The van der Waals surface area contributed by atoms with Gasteiger partial charge in [-0.1, -0.05) is 12.1 Å². The number of hydrogen-bond donors (Lipinski definition) is 2. The van der Waals surface area contributed by atoms with Crippen molar-refractivity contribution in [1.29, 1.82) is 0 Å². The molecule has 3 atom stereocenters. The Morgan fingerprint density at radius 2 is 1.93 bits per heavy atom. The maximum Gasteiger partial charge on any atom is 0.416 e. The van der Waals surface area contributed by atoms with Gasteiger partial charge in [0.2, 0.25) is 5.82 Å². The van der Waals surface area contributed by atoms with E-state index in [2.05, 4.69) is 0 Å². The molecule has 0 bridgehead atoms. The minimum absolute atomic E-state index is 0.0513. The first kappa shape index (κ1) is 20.2. The van der Waals surface area contributed by atoms with Crippen molar-refractivity contribution in [3.8, 4) is 0 Å². The second-order valence-corrected chi connectivity index (χ2v) is 6.24. The van der Waals surface area contributed by atoms with E-state index in [9.17, 15) is 32.3 Å². The molecule has 1 saturated heterocycles. The van der Waals surface area contributed by atoms with Crippen LogP contribution in [0.2, 0.25) is 0 Å². The molecule has 0 aliphatic carbocycles. The molecular formula is C17H16F4N2O5. The summed E-state index contributed by atoms with van der Waals surface area (Å²) in [5, 5.41) is 9.44. The highest BCUT2D eigenvalue weighted by Crippen LogP contribution is 2.31. The van der Waals surface area contributed by atoms with Gasteiger partial charge in [-0.3, -0.25) is 14.3 Å². The molecule has 0 radical (unpaired) electrons. The number of ether oxygens (including phenoxy) is 2. The normalized spacial score (nSPS) is 22.5. The molecule has 2 N–H and O–H groups in total. The molecule has 1 aliphatic rings. The Morgan fingerprint density at radius 1 is 1.25 bits per heavy atom. The Labute approximate surface area is 155 Å². The van der Waals surface area contributed by atoms with Gasteiger partial charge in [-0.25, -0.2) is 4.79 Å². The topological polar surface area (TPSA) is 93.6 Å². The van der Waals surface area contributed by atoms with Gasteiger partial charge in [0.25, 0.3) is 5.56 Å². The highest BCUT2D eigenvalue weighted by molar-refractivity contribution is 5.24. The van der Waals surface area contributed by atoms with E-state index in [1.54, 1.807) is 0 Å². The summed E-state index contributed by atoms with van der Waals surface area (Å²) in [6.07, 6.45) is -6.17. The zero-order valence-electron chi connectivity index (χ0n) is 14.3. The molecule has 1 aliphatic heterocycles. The molecule has 2 heterocycles. The largest absolute Gasteiger partial charge is 0.416 e. The highest BCUT2D eigenvalue weighted by atomic mass is 19.4. The molecule has 1 fully saturated rings. The van der Waals surface area contributed by atoms with Crippen LogP contribution in [-0.4, -0.2) is 33.5 Å². The Hall–Kier alpha value is -2.50. The fraction of sp³-hybridized carbons (Fsp3) is 0.412. The Bertz CT molecular complexity index is 938. The molecule has 28 heavy (non-hydrogen) atoms. The number of alkyl halides is 3. The molecule has 3 rings (SSSR count). The molecule has 0 amide bonds. The average Bonchev–Trinajstić information content (AvgIpc) is 3.05. The van der Waals surface area contributed by atoms with Gasteiger partial charge < -0.3 is 14.6 Å². The number of rotatable bonds is 5. The molecule has 1 aromatic heterocycles. The van der Waals surface area contributed by atoms with Gasteiger partial charge in [0.05, 0.1) is 31.1 Å². The quantitative estimate of drug-likeness (QED) is 0.738. The van der Waals surface area contributed by atoms with E-state index < -0.39 is 53.8 Å². The second kappa shape index (κ2) is 7.86. The predicted octanol–water partition coefficient (Wildman–Crippen LogP) is 1.56. The summed E-state index contributed by atoms with van der Waals surface area (Å²) in [5.74, 6) is -1.17. The van der Waals surface area contributed by atoms with Crippen molar-refractivity contribution in [2.24, 2.45) is 0 Å². The number of nitrogens with one attached hydrogen (secondary N) is 1. The van der Waals surface area contributed by atoms with E-state index in [0.29, 0.717) is 11.8 Å². The number of benzene rings is 1. The molecular weight excluding hydrogens is 388 g/mol. The second-order valence-electron chi connectivity index (χ2n) is 6.24. The predicted molar refractivity (Wildman–Crippen MR) is 86.9 cm³/mol. The molecule has 2 aromatic rings. The van der Waals surface area contributed by atoms with Crippen molar-refractivity contribution in [1.82, 2.24) is 9.55 Å². The van der Waals surface area contributed by atoms with Gasteiger partial charge in [-0.15, -0.1) is 0 Å².